The summed E-state index contributed by atoms with van der Waals surface area (Å²) in [5.41, 5.74) is 5.04. The zero-order valence-electron chi connectivity index (χ0n) is 15.7. The molecule has 5 rings (SSSR count). The summed E-state index contributed by atoms with van der Waals surface area (Å²) in [6, 6.07) is 15.5. The van der Waals surface area contributed by atoms with Gasteiger partial charge in [0, 0.05) is 17.4 Å². The average molecular weight is 439 g/mol. The van der Waals surface area contributed by atoms with E-state index >= 15 is 0 Å². The second-order valence-corrected chi connectivity index (χ2v) is 10.2. The van der Waals surface area contributed by atoms with Crippen molar-refractivity contribution in [2.24, 2.45) is 0 Å². The number of halogens is 1. The molecule has 0 saturated carbocycles. The molecule has 150 valence electrons. The van der Waals surface area contributed by atoms with Crippen LogP contribution >= 0.6 is 11.3 Å². The number of hydrogen-bond donors (Lipinski definition) is 1. The fourth-order valence-electron chi connectivity index (χ4n) is 3.33. The molecule has 0 spiro atoms. The lowest BCUT2D eigenvalue weighted by Gasteiger charge is -2.06. The predicted octanol–water partition coefficient (Wildman–Crippen LogP) is 4.69. The van der Waals surface area contributed by atoms with E-state index in [0.29, 0.717) is 4.21 Å². The molecule has 0 aliphatic carbocycles. The summed E-state index contributed by atoms with van der Waals surface area (Å²) in [6.45, 7) is 0. The van der Waals surface area contributed by atoms with Gasteiger partial charge in [-0.05, 0) is 54.1 Å². The van der Waals surface area contributed by atoms with Gasteiger partial charge in [0.15, 0.2) is 9.84 Å². The van der Waals surface area contributed by atoms with E-state index in [-0.39, 0.29) is 5.82 Å². The maximum Gasteiger partial charge on any atom is 0.184 e. The van der Waals surface area contributed by atoms with Gasteiger partial charge in [0.05, 0.1) is 22.9 Å². The van der Waals surface area contributed by atoms with E-state index in [2.05, 4.69) is 15.2 Å². The molecule has 0 atom stereocenters. The minimum atomic E-state index is -3.26. The summed E-state index contributed by atoms with van der Waals surface area (Å²) in [5, 5.41) is 7.92. The van der Waals surface area contributed by atoms with E-state index in [9.17, 15) is 12.8 Å². The fraction of sp³-hybridized carbons (Fsp3) is 0.0476. The van der Waals surface area contributed by atoms with Gasteiger partial charge in [0.1, 0.15) is 21.4 Å². The lowest BCUT2D eigenvalue weighted by atomic mass is 10.0. The first-order chi connectivity index (χ1) is 14.4. The van der Waals surface area contributed by atoms with Gasteiger partial charge in [-0.15, -0.1) is 11.3 Å². The van der Waals surface area contributed by atoms with Gasteiger partial charge >= 0.3 is 0 Å². The van der Waals surface area contributed by atoms with Crippen molar-refractivity contribution in [3.63, 3.8) is 0 Å². The Morgan fingerprint density at radius 3 is 2.53 bits per heavy atom. The van der Waals surface area contributed by atoms with Crippen LogP contribution in [0.1, 0.15) is 0 Å². The summed E-state index contributed by atoms with van der Waals surface area (Å²) in [5.74, 6) is -0.297. The fourth-order valence-corrected chi connectivity index (χ4v) is 5.23. The molecule has 0 aliphatic rings. The standard InChI is InChI=1S/C21H15FN4O2S2/c1-30(27,28)20-9-8-19(29-20)26-12-23-17-7-4-14(10-18(17)26)16-11-24-25-21(16)13-2-5-15(22)6-3-13/h2-12H,1H3,(H,24,25). The highest BCUT2D eigenvalue weighted by Gasteiger charge is 2.15. The first kappa shape index (κ1) is 18.7. The largest absolute Gasteiger partial charge is 0.290 e. The van der Waals surface area contributed by atoms with Gasteiger partial charge in [-0.25, -0.2) is 17.8 Å². The number of aromatic amines is 1. The number of nitrogens with zero attached hydrogens (tertiary/aromatic N) is 3. The second kappa shape index (κ2) is 6.89. The molecule has 1 N–H and O–H groups in total. The van der Waals surface area contributed by atoms with E-state index in [0.717, 1.165) is 38.4 Å². The van der Waals surface area contributed by atoms with Crippen LogP contribution < -0.4 is 0 Å². The Morgan fingerprint density at radius 2 is 1.80 bits per heavy atom. The molecule has 0 radical (unpaired) electrons. The molecule has 30 heavy (non-hydrogen) atoms. The first-order valence-corrected chi connectivity index (χ1v) is 11.7. The number of rotatable bonds is 4. The Morgan fingerprint density at radius 1 is 1.03 bits per heavy atom. The minimum Gasteiger partial charge on any atom is -0.290 e. The van der Waals surface area contributed by atoms with Crippen LogP contribution in [0.25, 0.3) is 38.4 Å². The Labute approximate surface area is 175 Å². The summed E-state index contributed by atoms with van der Waals surface area (Å²) in [6.07, 6.45) is 4.61. The van der Waals surface area contributed by atoms with Crippen molar-refractivity contribution in [3.05, 3.63) is 72.9 Å². The molecular formula is C21H15FN4O2S2. The summed E-state index contributed by atoms with van der Waals surface area (Å²) < 4.78 is 39.1. The molecule has 9 heteroatoms. The molecule has 0 aliphatic heterocycles. The molecule has 0 saturated heterocycles. The van der Waals surface area contributed by atoms with Gasteiger partial charge < -0.3 is 0 Å². The topological polar surface area (TPSA) is 80.6 Å². The Kier molecular flexibility index (Phi) is 4.30. The van der Waals surface area contributed by atoms with Crippen LogP contribution in [-0.4, -0.2) is 34.4 Å². The molecule has 0 bridgehead atoms. The summed E-state index contributed by atoms with van der Waals surface area (Å²) >= 11 is 1.20. The van der Waals surface area contributed by atoms with Gasteiger partial charge in [-0.1, -0.05) is 6.07 Å². The van der Waals surface area contributed by atoms with Crippen LogP contribution in [-0.2, 0) is 9.84 Å². The SMILES string of the molecule is CS(=O)(=O)c1ccc(-n2cnc3ccc(-c4cn[nH]c4-c4ccc(F)cc4)cc32)s1. The Bertz CT molecular complexity index is 1480. The van der Waals surface area contributed by atoms with Crippen LogP contribution in [0.4, 0.5) is 4.39 Å². The third-order valence-electron chi connectivity index (χ3n) is 4.80. The van der Waals surface area contributed by atoms with E-state index in [1.54, 1.807) is 36.8 Å². The van der Waals surface area contributed by atoms with Gasteiger partial charge in [0.25, 0.3) is 0 Å². The highest BCUT2D eigenvalue weighted by Crippen LogP contribution is 2.33. The maximum atomic E-state index is 13.3. The number of H-pyrrole nitrogens is 1. The molecule has 6 nitrogen and oxygen atoms in total. The van der Waals surface area contributed by atoms with Crippen LogP contribution in [0.15, 0.2) is 71.3 Å². The second-order valence-electron chi connectivity index (χ2n) is 6.85. The molecule has 5 aromatic rings. The highest BCUT2D eigenvalue weighted by molar-refractivity contribution is 7.92. The number of hydrogen-bond acceptors (Lipinski definition) is 5. The van der Waals surface area contributed by atoms with Crippen molar-refractivity contribution in [2.75, 3.05) is 6.26 Å². The highest BCUT2D eigenvalue weighted by atomic mass is 32.2. The van der Waals surface area contributed by atoms with E-state index < -0.39 is 9.84 Å². The zero-order chi connectivity index (χ0) is 20.9. The number of thiophene rings is 1. The maximum absolute atomic E-state index is 13.3. The van der Waals surface area contributed by atoms with Gasteiger partial charge in [-0.2, -0.15) is 5.10 Å². The van der Waals surface area contributed by atoms with Gasteiger partial charge in [-0.3, -0.25) is 9.67 Å². The Hall–Kier alpha value is -3.30. The van der Waals surface area contributed by atoms with Crippen molar-refractivity contribution in [1.29, 1.82) is 0 Å². The van der Waals surface area contributed by atoms with Crippen molar-refractivity contribution in [1.82, 2.24) is 19.7 Å². The van der Waals surface area contributed by atoms with Gasteiger partial charge in [0.2, 0.25) is 0 Å². The minimum absolute atomic E-state index is 0.297. The molecule has 2 aromatic carbocycles. The number of benzene rings is 2. The number of fused-ring (bicyclic) bond motifs is 1. The molecule has 0 unspecified atom stereocenters. The van der Waals surface area contributed by atoms with Crippen molar-refractivity contribution in [2.45, 2.75) is 4.21 Å². The van der Waals surface area contributed by atoms with Crippen LogP contribution in [0.2, 0.25) is 0 Å². The van der Waals surface area contributed by atoms with Crippen molar-refractivity contribution in [3.8, 4) is 27.4 Å². The van der Waals surface area contributed by atoms with Crippen molar-refractivity contribution >= 4 is 32.2 Å². The Balaban J connectivity index is 1.62. The molecule has 3 aromatic heterocycles. The molecule has 0 fully saturated rings. The quantitative estimate of drug-likeness (QED) is 0.442. The van der Waals surface area contributed by atoms with E-state index in [1.807, 2.05) is 22.8 Å². The monoisotopic (exact) mass is 438 g/mol. The number of aromatic nitrogens is 4. The van der Waals surface area contributed by atoms with Crippen LogP contribution in [0.5, 0.6) is 0 Å². The summed E-state index contributed by atoms with van der Waals surface area (Å²) in [7, 11) is -3.26. The van der Waals surface area contributed by atoms with Crippen LogP contribution in [0.3, 0.4) is 0 Å². The predicted molar refractivity (Wildman–Crippen MR) is 115 cm³/mol. The van der Waals surface area contributed by atoms with E-state index in [4.69, 9.17) is 0 Å². The van der Waals surface area contributed by atoms with E-state index in [1.165, 1.54) is 29.7 Å². The molecule has 3 heterocycles. The normalized spacial score (nSPS) is 11.9. The number of nitrogens with one attached hydrogen (secondary N) is 1. The number of sulfone groups is 1. The van der Waals surface area contributed by atoms with Crippen LogP contribution in [0, 0.1) is 5.82 Å². The average Bonchev–Trinajstić information content (AvgIpc) is 3.46. The number of imidazole rings is 1. The smallest absolute Gasteiger partial charge is 0.184 e. The summed E-state index contributed by atoms with van der Waals surface area (Å²) in [4.78, 5) is 4.43. The first-order valence-electron chi connectivity index (χ1n) is 8.97. The zero-order valence-corrected chi connectivity index (χ0v) is 17.3. The third kappa shape index (κ3) is 3.21. The molecule has 0 amide bonds. The van der Waals surface area contributed by atoms with Crippen molar-refractivity contribution < 1.29 is 12.8 Å². The lowest BCUT2D eigenvalue weighted by Crippen LogP contribution is -1.92. The lowest BCUT2D eigenvalue weighted by molar-refractivity contribution is 0.604. The third-order valence-corrected chi connectivity index (χ3v) is 7.70. The molecular weight excluding hydrogens is 423 g/mol.